The van der Waals surface area contributed by atoms with E-state index in [0.717, 1.165) is 33.4 Å². The Kier molecular flexibility index (Phi) is 6.38. The van der Waals surface area contributed by atoms with Crippen LogP contribution < -0.4 is 9.47 Å². The van der Waals surface area contributed by atoms with Gasteiger partial charge in [-0.05, 0) is 30.7 Å². The average Bonchev–Trinajstić information content (AvgIpc) is 3.59. The van der Waals surface area contributed by atoms with Crippen molar-refractivity contribution in [2.75, 3.05) is 14.2 Å². The van der Waals surface area contributed by atoms with Crippen LogP contribution in [0, 0.1) is 0 Å². The van der Waals surface area contributed by atoms with E-state index in [-0.39, 0.29) is 6.61 Å². The lowest BCUT2D eigenvalue weighted by molar-refractivity contribution is 0.125. The van der Waals surface area contributed by atoms with Gasteiger partial charge in [0.1, 0.15) is 12.1 Å². The summed E-state index contributed by atoms with van der Waals surface area (Å²) in [6.07, 6.45) is 1.60. The van der Waals surface area contributed by atoms with Gasteiger partial charge in [-0.25, -0.2) is 14.5 Å². The Balaban J connectivity index is 1.36. The van der Waals surface area contributed by atoms with E-state index in [1.165, 1.54) is 0 Å². The second kappa shape index (κ2) is 10.3. The Morgan fingerprint density at radius 1 is 0.897 bits per heavy atom. The van der Waals surface area contributed by atoms with E-state index < -0.39 is 0 Å². The van der Waals surface area contributed by atoms with Crippen LogP contribution in [0.2, 0.25) is 0 Å². The van der Waals surface area contributed by atoms with Crippen molar-refractivity contribution in [2.45, 2.75) is 13.5 Å². The molecule has 0 amide bonds. The van der Waals surface area contributed by atoms with Gasteiger partial charge in [-0.3, -0.25) is 0 Å². The van der Waals surface area contributed by atoms with Crippen LogP contribution >= 0.6 is 0 Å². The van der Waals surface area contributed by atoms with Crippen molar-refractivity contribution in [3.05, 3.63) is 96.6 Å². The second-order valence-corrected chi connectivity index (χ2v) is 8.78. The molecule has 9 heteroatoms. The zero-order chi connectivity index (χ0) is 26.8. The number of nitrogens with zero attached hydrogens (tertiary/aromatic N) is 5. The Morgan fingerprint density at radius 2 is 1.62 bits per heavy atom. The van der Waals surface area contributed by atoms with Gasteiger partial charge in [-0.15, -0.1) is 5.10 Å². The highest BCUT2D eigenvalue weighted by atomic mass is 16.6. The molecule has 0 spiro atoms. The van der Waals surface area contributed by atoms with E-state index in [2.05, 4.69) is 15.2 Å². The van der Waals surface area contributed by atoms with E-state index >= 15 is 0 Å². The second-order valence-electron chi connectivity index (χ2n) is 8.78. The highest BCUT2D eigenvalue weighted by Gasteiger charge is 2.22. The van der Waals surface area contributed by atoms with Crippen molar-refractivity contribution in [3.63, 3.8) is 0 Å². The molecule has 0 bridgehead atoms. The van der Waals surface area contributed by atoms with Crippen molar-refractivity contribution < 1.29 is 18.7 Å². The standard InChI is InChI=1S/C30H25N5O4/c1-19(22-14-15-23(36-2)24(16-22)37-3)34-38-17-25-32-29-27-26(20-10-6-4-7-11-20)28(21-12-8-5-9-13-21)39-30(27)31-18-35(29)33-25/h4-16,18H,17H2,1-3H3. The summed E-state index contributed by atoms with van der Waals surface area (Å²) in [7, 11) is 3.19. The minimum atomic E-state index is 0.0812. The predicted octanol–water partition coefficient (Wildman–Crippen LogP) is 6.16. The van der Waals surface area contributed by atoms with Gasteiger partial charge in [0.2, 0.25) is 5.71 Å². The van der Waals surface area contributed by atoms with Crippen LogP contribution in [0.3, 0.4) is 0 Å². The number of aromatic nitrogens is 4. The number of hydrogen-bond donors (Lipinski definition) is 0. The first-order chi connectivity index (χ1) is 19.2. The molecular formula is C30H25N5O4. The molecule has 3 aromatic heterocycles. The van der Waals surface area contributed by atoms with Crippen LogP contribution in [0.4, 0.5) is 0 Å². The van der Waals surface area contributed by atoms with Crippen LogP contribution in [0.5, 0.6) is 11.5 Å². The van der Waals surface area contributed by atoms with Gasteiger partial charge in [-0.2, -0.15) is 0 Å². The summed E-state index contributed by atoms with van der Waals surface area (Å²) in [6, 6.07) is 25.6. The van der Waals surface area contributed by atoms with Crippen LogP contribution in [-0.2, 0) is 11.4 Å². The monoisotopic (exact) mass is 519 g/mol. The molecule has 3 heterocycles. The molecule has 9 nitrogen and oxygen atoms in total. The lowest BCUT2D eigenvalue weighted by atomic mass is 9.99. The van der Waals surface area contributed by atoms with E-state index in [1.807, 2.05) is 85.8 Å². The van der Waals surface area contributed by atoms with Gasteiger partial charge in [0.25, 0.3) is 0 Å². The fourth-order valence-electron chi connectivity index (χ4n) is 4.48. The zero-order valence-corrected chi connectivity index (χ0v) is 21.7. The molecule has 0 fully saturated rings. The first-order valence-electron chi connectivity index (χ1n) is 12.3. The number of oxime groups is 1. The normalized spacial score (nSPS) is 11.7. The molecular weight excluding hydrogens is 494 g/mol. The van der Waals surface area contributed by atoms with Crippen molar-refractivity contribution >= 4 is 22.5 Å². The first-order valence-corrected chi connectivity index (χ1v) is 12.3. The quantitative estimate of drug-likeness (QED) is 0.175. The molecule has 0 aliphatic carbocycles. The molecule has 0 aliphatic heterocycles. The van der Waals surface area contributed by atoms with Crippen molar-refractivity contribution in [2.24, 2.45) is 5.16 Å². The Labute approximate surface area is 224 Å². The molecule has 0 saturated carbocycles. The van der Waals surface area contributed by atoms with E-state index in [0.29, 0.717) is 34.4 Å². The number of benzene rings is 3. The highest BCUT2D eigenvalue weighted by Crippen LogP contribution is 2.41. The van der Waals surface area contributed by atoms with Crippen LogP contribution in [-0.4, -0.2) is 39.5 Å². The van der Waals surface area contributed by atoms with E-state index in [9.17, 15) is 0 Å². The van der Waals surface area contributed by atoms with Gasteiger partial charge in [0.15, 0.2) is 29.6 Å². The largest absolute Gasteiger partial charge is 0.493 e. The van der Waals surface area contributed by atoms with Crippen LogP contribution in [0.25, 0.3) is 39.2 Å². The minimum Gasteiger partial charge on any atom is -0.493 e. The molecule has 39 heavy (non-hydrogen) atoms. The van der Waals surface area contributed by atoms with Crippen molar-refractivity contribution in [1.29, 1.82) is 0 Å². The zero-order valence-electron chi connectivity index (χ0n) is 21.7. The Bertz CT molecular complexity index is 1790. The number of hydrogen-bond acceptors (Lipinski definition) is 8. The van der Waals surface area contributed by atoms with Gasteiger partial charge < -0.3 is 18.7 Å². The third kappa shape index (κ3) is 4.54. The molecule has 0 N–H and O–H groups in total. The van der Waals surface area contributed by atoms with E-state index in [1.54, 1.807) is 25.1 Å². The maximum absolute atomic E-state index is 6.29. The number of rotatable bonds is 8. The SMILES string of the molecule is COc1ccc(C(C)=NOCc2nc3c4c(-c5ccccc5)c(-c5ccccc5)oc4ncn3n2)cc1OC. The molecule has 6 aromatic rings. The molecule has 0 aliphatic rings. The molecule has 3 aromatic carbocycles. The fourth-order valence-corrected chi connectivity index (χ4v) is 4.48. The van der Waals surface area contributed by atoms with E-state index in [4.69, 9.17) is 23.7 Å². The summed E-state index contributed by atoms with van der Waals surface area (Å²) in [6.45, 7) is 1.94. The lowest BCUT2D eigenvalue weighted by Gasteiger charge is -2.09. The molecule has 0 atom stereocenters. The fraction of sp³-hybridized carbons (Fsp3) is 0.133. The third-order valence-corrected chi connectivity index (χ3v) is 6.37. The molecule has 0 saturated heterocycles. The van der Waals surface area contributed by atoms with Crippen LogP contribution in [0.15, 0.2) is 94.8 Å². The van der Waals surface area contributed by atoms with Gasteiger partial charge >= 0.3 is 0 Å². The minimum absolute atomic E-state index is 0.0812. The van der Waals surface area contributed by atoms with Crippen LogP contribution in [0.1, 0.15) is 18.3 Å². The first kappa shape index (κ1) is 24.2. The topological polar surface area (TPSA) is 96.3 Å². The molecule has 194 valence electrons. The molecule has 6 rings (SSSR count). The Hall–Kier alpha value is -5.18. The predicted molar refractivity (Wildman–Crippen MR) is 148 cm³/mol. The smallest absolute Gasteiger partial charge is 0.232 e. The Morgan fingerprint density at radius 3 is 2.33 bits per heavy atom. The number of ether oxygens (including phenoxy) is 2. The van der Waals surface area contributed by atoms with Crippen molar-refractivity contribution in [1.82, 2.24) is 19.6 Å². The van der Waals surface area contributed by atoms with Gasteiger partial charge in [0, 0.05) is 16.7 Å². The van der Waals surface area contributed by atoms with Crippen molar-refractivity contribution in [3.8, 4) is 33.9 Å². The molecule has 0 radical (unpaired) electrons. The summed E-state index contributed by atoms with van der Waals surface area (Å²) < 4.78 is 18.6. The van der Waals surface area contributed by atoms with Gasteiger partial charge in [-0.1, -0.05) is 65.8 Å². The number of fused-ring (bicyclic) bond motifs is 3. The maximum Gasteiger partial charge on any atom is 0.232 e. The lowest BCUT2D eigenvalue weighted by Crippen LogP contribution is -1.99. The van der Waals surface area contributed by atoms with Gasteiger partial charge in [0.05, 0.1) is 25.3 Å². The number of methoxy groups -OCH3 is 2. The molecule has 0 unspecified atom stereocenters. The summed E-state index contributed by atoms with van der Waals surface area (Å²) >= 11 is 0. The maximum atomic E-state index is 6.29. The highest BCUT2D eigenvalue weighted by molar-refractivity contribution is 6.07. The average molecular weight is 520 g/mol. The summed E-state index contributed by atoms with van der Waals surface area (Å²) in [4.78, 5) is 14.9. The summed E-state index contributed by atoms with van der Waals surface area (Å²) in [5.41, 5.74) is 5.51. The summed E-state index contributed by atoms with van der Waals surface area (Å²) in [5.74, 6) is 2.46. The number of furan rings is 1. The summed E-state index contributed by atoms with van der Waals surface area (Å²) in [5, 5.41) is 9.61. The third-order valence-electron chi connectivity index (χ3n) is 6.37.